The summed E-state index contributed by atoms with van der Waals surface area (Å²) in [6.45, 7) is 7.18. The minimum atomic E-state index is -1.32. The van der Waals surface area contributed by atoms with Gasteiger partial charge in [0.1, 0.15) is 0 Å². The quantitative estimate of drug-likeness (QED) is 0.582. The lowest BCUT2D eigenvalue weighted by molar-refractivity contribution is -0.142. The second-order valence-electron chi connectivity index (χ2n) is 4.88. The number of carbonyl (C=O) groups excluding carboxylic acids is 1. The van der Waals surface area contributed by atoms with Crippen molar-refractivity contribution in [1.29, 1.82) is 0 Å². The smallest absolute Gasteiger partial charge is 0.250 e. The molecule has 16 heavy (non-hydrogen) atoms. The van der Waals surface area contributed by atoms with Crippen molar-refractivity contribution < 1.29 is 9.90 Å². The first-order valence-electron chi connectivity index (χ1n) is 5.92. The van der Waals surface area contributed by atoms with Gasteiger partial charge in [-0.25, -0.2) is 0 Å². The molecule has 1 heterocycles. The van der Waals surface area contributed by atoms with Crippen molar-refractivity contribution in [2.75, 3.05) is 26.2 Å². The molecule has 0 saturated carbocycles. The Morgan fingerprint density at radius 3 is 2.88 bits per heavy atom. The fourth-order valence-corrected chi connectivity index (χ4v) is 2.03. The van der Waals surface area contributed by atoms with Crippen LogP contribution in [0.2, 0.25) is 0 Å². The number of hydrogen-bond acceptors (Lipinski definition) is 4. The van der Waals surface area contributed by atoms with E-state index in [1.807, 2.05) is 0 Å². The van der Waals surface area contributed by atoms with Crippen LogP contribution in [0.3, 0.4) is 0 Å². The predicted octanol–water partition coefficient (Wildman–Crippen LogP) is -0.703. The fourth-order valence-electron chi connectivity index (χ4n) is 2.03. The first kappa shape index (κ1) is 13.4. The van der Waals surface area contributed by atoms with E-state index < -0.39 is 11.5 Å². The van der Waals surface area contributed by atoms with Gasteiger partial charge in [0.25, 0.3) is 5.91 Å². The highest BCUT2D eigenvalue weighted by molar-refractivity contribution is 5.83. The summed E-state index contributed by atoms with van der Waals surface area (Å²) in [5.74, 6) is -0.603. The van der Waals surface area contributed by atoms with Crippen molar-refractivity contribution in [3.8, 4) is 0 Å². The lowest BCUT2D eigenvalue weighted by atomic mass is 9.92. The summed E-state index contributed by atoms with van der Waals surface area (Å²) >= 11 is 0. The normalized spacial score (nSPS) is 27.2. The first-order valence-corrected chi connectivity index (χ1v) is 5.92. The third-order valence-corrected chi connectivity index (χ3v) is 2.99. The van der Waals surface area contributed by atoms with Crippen LogP contribution in [0.5, 0.6) is 0 Å². The van der Waals surface area contributed by atoms with Crippen LogP contribution in [0.25, 0.3) is 0 Å². The molecular formula is C11H23N3O2. The van der Waals surface area contributed by atoms with E-state index in [0.717, 1.165) is 26.1 Å². The summed E-state index contributed by atoms with van der Waals surface area (Å²) in [6, 6.07) is 0.458. The zero-order chi connectivity index (χ0) is 12.2. The number of β-amino-alcohol motifs (C(OH)–C–C–N with tert-alkyl or cyclic N) is 1. The number of piperidine rings is 1. The molecule has 5 heteroatoms. The van der Waals surface area contributed by atoms with Crippen LogP contribution in [-0.4, -0.2) is 53.7 Å². The van der Waals surface area contributed by atoms with E-state index in [9.17, 15) is 9.90 Å². The molecule has 1 aliphatic rings. The number of aliphatic hydroxyl groups is 1. The van der Waals surface area contributed by atoms with Gasteiger partial charge in [-0.2, -0.15) is 0 Å². The Hall–Kier alpha value is -0.650. The van der Waals surface area contributed by atoms with Gasteiger partial charge in [0, 0.05) is 25.7 Å². The number of nitrogens with one attached hydrogen (secondary N) is 1. The molecule has 1 rings (SSSR count). The summed E-state index contributed by atoms with van der Waals surface area (Å²) < 4.78 is 0. The van der Waals surface area contributed by atoms with Crippen molar-refractivity contribution in [3.63, 3.8) is 0 Å². The molecule has 0 bridgehead atoms. The summed E-state index contributed by atoms with van der Waals surface area (Å²) in [5, 5.41) is 13.3. The van der Waals surface area contributed by atoms with E-state index >= 15 is 0 Å². The number of amides is 1. The molecular weight excluding hydrogens is 206 g/mol. The Morgan fingerprint density at radius 2 is 2.31 bits per heavy atom. The van der Waals surface area contributed by atoms with Crippen molar-refractivity contribution in [1.82, 2.24) is 10.2 Å². The zero-order valence-electron chi connectivity index (χ0n) is 10.2. The van der Waals surface area contributed by atoms with Crippen LogP contribution in [0.1, 0.15) is 26.7 Å². The fraction of sp³-hybridized carbons (Fsp3) is 0.909. The number of nitrogens with zero attached hydrogens (tertiary/aromatic N) is 1. The van der Waals surface area contributed by atoms with E-state index in [2.05, 4.69) is 24.1 Å². The molecule has 0 spiro atoms. The van der Waals surface area contributed by atoms with Crippen LogP contribution in [0, 0.1) is 0 Å². The van der Waals surface area contributed by atoms with E-state index in [1.54, 1.807) is 0 Å². The highest BCUT2D eigenvalue weighted by Gasteiger charge is 2.38. The van der Waals surface area contributed by atoms with Gasteiger partial charge in [0.05, 0.1) is 0 Å². The van der Waals surface area contributed by atoms with Gasteiger partial charge in [-0.15, -0.1) is 0 Å². The topological polar surface area (TPSA) is 78.6 Å². The van der Waals surface area contributed by atoms with Crippen molar-refractivity contribution in [2.24, 2.45) is 5.73 Å². The monoisotopic (exact) mass is 229 g/mol. The Balaban J connectivity index is 2.36. The predicted molar refractivity (Wildman–Crippen MR) is 63.0 cm³/mol. The van der Waals surface area contributed by atoms with Gasteiger partial charge in [-0.05, 0) is 19.4 Å². The standard InChI is InChI=1S/C11H23N3O2/c1-9(2)13-5-7-14-6-3-4-11(16,8-14)10(12)15/h9,13,16H,3-8H2,1-2H3,(H2,12,15). The molecule has 1 atom stereocenters. The molecule has 1 aliphatic heterocycles. The highest BCUT2D eigenvalue weighted by Crippen LogP contribution is 2.20. The van der Waals surface area contributed by atoms with Crippen LogP contribution in [0.15, 0.2) is 0 Å². The van der Waals surface area contributed by atoms with E-state index in [4.69, 9.17) is 5.73 Å². The summed E-state index contributed by atoms with van der Waals surface area (Å²) in [6.07, 6.45) is 1.30. The molecule has 0 aromatic carbocycles. The molecule has 0 aromatic heterocycles. The minimum Gasteiger partial charge on any atom is -0.379 e. The molecule has 1 saturated heterocycles. The SMILES string of the molecule is CC(C)NCCN1CCCC(O)(C(N)=O)C1. The number of rotatable bonds is 5. The highest BCUT2D eigenvalue weighted by atomic mass is 16.3. The Labute approximate surface area is 97.0 Å². The summed E-state index contributed by atoms with van der Waals surface area (Å²) in [5.41, 5.74) is 3.89. The first-order chi connectivity index (χ1) is 7.44. The maximum atomic E-state index is 11.1. The number of primary amides is 1. The van der Waals surface area contributed by atoms with Gasteiger partial charge in [-0.1, -0.05) is 13.8 Å². The average Bonchev–Trinajstić information content (AvgIpc) is 2.17. The summed E-state index contributed by atoms with van der Waals surface area (Å²) in [4.78, 5) is 13.2. The molecule has 0 aliphatic carbocycles. The van der Waals surface area contributed by atoms with Crippen LogP contribution in [0.4, 0.5) is 0 Å². The third kappa shape index (κ3) is 3.73. The lowest BCUT2D eigenvalue weighted by Crippen LogP contribution is -2.56. The van der Waals surface area contributed by atoms with Crippen molar-refractivity contribution >= 4 is 5.91 Å². The Kier molecular flexibility index (Phi) is 4.70. The van der Waals surface area contributed by atoms with E-state index in [1.165, 1.54) is 0 Å². The summed E-state index contributed by atoms with van der Waals surface area (Å²) in [7, 11) is 0. The molecule has 1 fully saturated rings. The van der Waals surface area contributed by atoms with E-state index in [-0.39, 0.29) is 0 Å². The number of likely N-dealkylation sites (tertiary alicyclic amines) is 1. The second kappa shape index (κ2) is 5.61. The van der Waals surface area contributed by atoms with Gasteiger partial charge in [0.15, 0.2) is 5.60 Å². The molecule has 1 unspecified atom stereocenters. The van der Waals surface area contributed by atoms with Gasteiger partial charge in [0.2, 0.25) is 0 Å². The minimum absolute atomic E-state index is 0.363. The van der Waals surface area contributed by atoms with Crippen LogP contribution in [-0.2, 0) is 4.79 Å². The number of carbonyl (C=O) groups is 1. The molecule has 1 amide bonds. The number of hydrogen-bond donors (Lipinski definition) is 3. The average molecular weight is 229 g/mol. The molecule has 0 radical (unpaired) electrons. The van der Waals surface area contributed by atoms with Crippen molar-refractivity contribution in [3.05, 3.63) is 0 Å². The maximum absolute atomic E-state index is 11.1. The Morgan fingerprint density at radius 1 is 1.62 bits per heavy atom. The third-order valence-electron chi connectivity index (χ3n) is 2.99. The van der Waals surface area contributed by atoms with Crippen LogP contribution >= 0.6 is 0 Å². The largest absolute Gasteiger partial charge is 0.379 e. The van der Waals surface area contributed by atoms with Gasteiger partial charge < -0.3 is 16.2 Å². The van der Waals surface area contributed by atoms with E-state index in [0.29, 0.717) is 19.0 Å². The molecule has 5 nitrogen and oxygen atoms in total. The molecule has 0 aromatic rings. The Bertz CT molecular complexity index is 245. The molecule has 94 valence electrons. The molecule has 4 N–H and O–H groups in total. The van der Waals surface area contributed by atoms with Crippen LogP contribution < -0.4 is 11.1 Å². The second-order valence-corrected chi connectivity index (χ2v) is 4.88. The van der Waals surface area contributed by atoms with Crippen molar-refractivity contribution in [2.45, 2.75) is 38.3 Å². The van der Waals surface area contributed by atoms with Gasteiger partial charge >= 0.3 is 0 Å². The number of nitrogens with two attached hydrogens (primary N) is 1. The van der Waals surface area contributed by atoms with Gasteiger partial charge in [-0.3, -0.25) is 9.69 Å². The lowest BCUT2D eigenvalue weighted by Gasteiger charge is -2.37. The maximum Gasteiger partial charge on any atom is 0.250 e. The zero-order valence-corrected chi connectivity index (χ0v) is 10.2.